The highest BCUT2D eigenvalue weighted by Gasteiger charge is 2.42. The molecule has 5 nitrogen and oxygen atoms in total. The van der Waals surface area contributed by atoms with Gasteiger partial charge in [-0.1, -0.05) is 6.07 Å². The van der Waals surface area contributed by atoms with Crippen LogP contribution in [0.3, 0.4) is 0 Å². The van der Waals surface area contributed by atoms with Crippen LogP contribution in [0.25, 0.3) is 0 Å². The van der Waals surface area contributed by atoms with Crippen molar-refractivity contribution in [3.63, 3.8) is 0 Å². The summed E-state index contributed by atoms with van der Waals surface area (Å²) in [7, 11) is 0. The largest absolute Gasteiger partial charge is 0.416 e. The van der Waals surface area contributed by atoms with Crippen LogP contribution in [0.15, 0.2) is 36.7 Å². The molecule has 1 aromatic heterocycles. The average Bonchev–Trinajstić information content (AvgIpc) is 3.11. The van der Waals surface area contributed by atoms with Crippen LogP contribution in [0.4, 0.5) is 18.9 Å². The quantitative estimate of drug-likeness (QED) is 0.847. The molecule has 0 atom stereocenters. The highest BCUT2D eigenvalue weighted by atomic mass is 35.5. The number of piperidine rings is 1. The Balaban J connectivity index is 0.00000243. The van der Waals surface area contributed by atoms with E-state index in [1.165, 1.54) is 6.07 Å². The third-order valence-corrected chi connectivity index (χ3v) is 4.61. The van der Waals surface area contributed by atoms with Gasteiger partial charge in [-0.05, 0) is 56.6 Å². The predicted molar refractivity (Wildman–Crippen MR) is 94.4 cm³/mol. The number of nitrogens with zero attached hydrogens (tertiary/aromatic N) is 2. The lowest BCUT2D eigenvalue weighted by atomic mass is 9.87. The number of carbonyl (C=O) groups is 1. The van der Waals surface area contributed by atoms with Crippen LogP contribution >= 0.6 is 12.4 Å². The van der Waals surface area contributed by atoms with E-state index in [-0.39, 0.29) is 24.0 Å². The summed E-state index contributed by atoms with van der Waals surface area (Å²) in [4.78, 5) is 13.0. The van der Waals surface area contributed by atoms with Gasteiger partial charge in [-0.25, -0.2) is 0 Å². The first-order valence-electron chi connectivity index (χ1n) is 8.03. The fraction of sp³-hybridized carbons (Fsp3) is 0.412. The van der Waals surface area contributed by atoms with Crippen molar-refractivity contribution < 1.29 is 18.0 Å². The maximum absolute atomic E-state index is 13.0. The SMILES string of the molecule is Cc1ccc(C(F)(F)F)cc1NC(=O)C1(n2cccn2)CCNCC1.Cl. The van der Waals surface area contributed by atoms with Gasteiger partial charge in [-0.3, -0.25) is 9.48 Å². The Bertz CT molecular complexity index is 756. The predicted octanol–water partition coefficient (Wildman–Crippen LogP) is 3.35. The Morgan fingerprint density at radius 2 is 2.00 bits per heavy atom. The molecule has 2 N–H and O–H groups in total. The molecule has 2 heterocycles. The molecular formula is C17H20ClF3N4O. The molecule has 0 radical (unpaired) electrons. The number of carbonyl (C=O) groups excluding carboxylic acids is 1. The van der Waals surface area contributed by atoms with Gasteiger partial charge in [-0.2, -0.15) is 18.3 Å². The number of rotatable bonds is 3. The molecule has 0 spiro atoms. The van der Waals surface area contributed by atoms with E-state index in [9.17, 15) is 18.0 Å². The summed E-state index contributed by atoms with van der Waals surface area (Å²) in [5.74, 6) is -0.347. The Labute approximate surface area is 155 Å². The maximum Gasteiger partial charge on any atom is 0.416 e. The number of hydrogen-bond donors (Lipinski definition) is 2. The lowest BCUT2D eigenvalue weighted by Gasteiger charge is -2.36. The first-order chi connectivity index (χ1) is 11.8. The molecule has 1 fully saturated rings. The van der Waals surface area contributed by atoms with Crippen molar-refractivity contribution in [2.45, 2.75) is 31.5 Å². The Morgan fingerprint density at radius 1 is 1.31 bits per heavy atom. The average molecular weight is 389 g/mol. The molecule has 1 aliphatic heterocycles. The molecule has 0 saturated carbocycles. The smallest absolute Gasteiger partial charge is 0.324 e. The van der Waals surface area contributed by atoms with Crippen LogP contribution in [0.1, 0.15) is 24.0 Å². The summed E-state index contributed by atoms with van der Waals surface area (Å²) in [5.41, 5.74) is -0.947. The van der Waals surface area contributed by atoms with E-state index in [4.69, 9.17) is 0 Å². The van der Waals surface area contributed by atoms with E-state index in [0.717, 1.165) is 12.1 Å². The zero-order valence-corrected chi connectivity index (χ0v) is 15.0. The van der Waals surface area contributed by atoms with Crippen LogP contribution in [0.2, 0.25) is 0 Å². The van der Waals surface area contributed by atoms with E-state index in [2.05, 4.69) is 15.7 Å². The molecule has 26 heavy (non-hydrogen) atoms. The fourth-order valence-corrected chi connectivity index (χ4v) is 3.09. The molecule has 1 amide bonds. The van der Waals surface area contributed by atoms with Crippen molar-refractivity contribution in [2.75, 3.05) is 18.4 Å². The first kappa shape index (κ1) is 20.3. The zero-order valence-electron chi connectivity index (χ0n) is 14.1. The summed E-state index contributed by atoms with van der Waals surface area (Å²) in [6, 6.07) is 5.08. The van der Waals surface area contributed by atoms with Gasteiger partial charge in [0, 0.05) is 18.1 Å². The molecule has 1 aromatic carbocycles. The molecule has 2 aromatic rings. The van der Waals surface area contributed by atoms with Crippen LogP contribution < -0.4 is 10.6 Å². The first-order valence-corrected chi connectivity index (χ1v) is 8.03. The molecular weight excluding hydrogens is 369 g/mol. The van der Waals surface area contributed by atoms with Gasteiger partial charge in [0.05, 0.1) is 5.56 Å². The van der Waals surface area contributed by atoms with Gasteiger partial charge in [-0.15, -0.1) is 12.4 Å². The third kappa shape index (κ3) is 3.86. The van der Waals surface area contributed by atoms with E-state index in [1.54, 1.807) is 30.1 Å². The highest BCUT2D eigenvalue weighted by molar-refractivity contribution is 5.97. The molecule has 0 unspecified atom stereocenters. The van der Waals surface area contributed by atoms with Gasteiger partial charge in [0.1, 0.15) is 5.54 Å². The number of benzene rings is 1. The fourth-order valence-electron chi connectivity index (χ4n) is 3.09. The number of nitrogens with one attached hydrogen (secondary N) is 2. The number of amides is 1. The molecule has 1 aliphatic rings. The number of aromatic nitrogens is 2. The summed E-state index contributed by atoms with van der Waals surface area (Å²) in [6.07, 6.45) is -0.130. The van der Waals surface area contributed by atoms with E-state index in [0.29, 0.717) is 31.5 Å². The third-order valence-electron chi connectivity index (χ3n) is 4.61. The minimum atomic E-state index is -4.46. The van der Waals surface area contributed by atoms with Gasteiger partial charge >= 0.3 is 6.18 Å². The van der Waals surface area contributed by atoms with Crippen molar-refractivity contribution in [3.8, 4) is 0 Å². The Hall–Kier alpha value is -2.06. The van der Waals surface area contributed by atoms with Crippen molar-refractivity contribution in [2.24, 2.45) is 0 Å². The zero-order chi connectivity index (χ0) is 18.1. The van der Waals surface area contributed by atoms with Crippen molar-refractivity contribution in [1.82, 2.24) is 15.1 Å². The maximum atomic E-state index is 13.0. The summed E-state index contributed by atoms with van der Waals surface area (Å²) in [6.45, 7) is 2.93. The van der Waals surface area contributed by atoms with E-state index < -0.39 is 17.3 Å². The summed E-state index contributed by atoms with van der Waals surface area (Å²) in [5, 5.41) is 10.1. The van der Waals surface area contributed by atoms with Gasteiger partial charge in [0.25, 0.3) is 5.91 Å². The minimum Gasteiger partial charge on any atom is -0.324 e. The lowest BCUT2D eigenvalue weighted by molar-refractivity contribution is -0.137. The number of anilines is 1. The molecule has 142 valence electrons. The number of aryl methyl sites for hydroxylation is 1. The van der Waals surface area contributed by atoms with E-state index in [1.807, 2.05) is 0 Å². The van der Waals surface area contributed by atoms with Gasteiger partial charge < -0.3 is 10.6 Å². The van der Waals surface area contributed by atoms with Crippen molar-refractivity contribution >= 4 is 24.0 Å². The minimum absolute atomic E-state index is 0. The molecule has 1 saturated heterocycles. The molecule has 0 aliphatic carbocycles. The second-order valence-corrected chi connectivity index (χ2v) is 6.21. The monoisotopic (exact) mass is 388 g/mol. The topological polar surface area (TPSA) is 59.0 Å². The van der Waals surface area contributed by atoms with Crippen LogP contribution in [-0.2, 0) is 16.5 Å². The van der Waals surface area contributed by atoms with Crippen molar-refractivity contribution in [1.29, 1.82) is 0 Å². The Morgan fingerprint density at radius 3 is 2.58 bits per heavy atom. The number of hydrogen-bond acceptors (Lipinski definition) is 3. The highest BCUT2D eigenvalue weighted by Crippen LogP contribution is 2.33. The lowest BCUT2D eigenvalue weighted by Crippen LogP contribution is -2.52. The van der Waals surface area contributed by atoms with Gasteiger partial charge in [0.2, 0.25) is 0 Å². The molecule has 0 bridgehead atoms. The summed E-state index contributed by atoms with van der Waals surface area (Å²) >= 11 is 0. The van der Waals surface area contributed by atoms with Crippen LogP contribution in [-0.4, -0.2) is 28.8 Å². The Kier molecular flexibility index (Phi) is 5.98. The molecule has 3 rings (SSSR count). The number of halogens is 4. The summed E-state index contributed by atoms with van der Waals surface area (Å²) < 4.78 is 40.5. The standard InChI is InChI=1S/C17H19F3N4O.ClH/c1-12-3-4-13(17(18,19)20)11-14(12)23-15(25)16(5-8-21-9-6-16)24-10-2-7-22-24;/h2-4,7,10-11,21H,5-6,8-9H2,1H3,(H,23,25);1H. The van der Waals surface area contributed by atoms with Crippen LogP contribution in [0.5, 0.6) is 0 Å². The van der Waals surface area contributed by atoms with E-state index >= 15 is 0 Å². The van der Waals surface area contributed by atoms with Crippen LogP contribution in [0, 0.1) is 6.92 Å². The number of alkyl halides is 3. The second kappa shape index (κ2) is 7.67. The normalized spacial score (nSPS) is 16.6. The molecule has 9 heteroatoms. The second-order valence-electron chi connectivity index (χ2n) is 6.21. The van der Waals surface area contributed by atoms with Gasteiger partial charge in [0.15, 0.2) is 0 Å². The van der Waals surface area contributed by atoms with Crippen molar-refractivity contribution in [3.05, 3.63) is 47.8 Å².